The van der Waals surface area contributed by atoms with Crippen LogP contribution in [0.5, 0.6) is 0 Å². The van der Waals surface area contributed by atoms with Gasteiger partial charge in [-0.3, -0.25) is 0 Å². The summed E-state index contributed by atoms with van der Waals surface area (Å²) in [5.41, 5.74) is 1.02. The summed E-state index contributed by atoms with van der Waals surface area (Å²) < 4.78 is 5.45. The van der Waals surface area contributed by atoms with Crippen LogP contribution in [0.1, 0.15) is 32.1 Å². The van der Waals surface area contributed by atoms with Crippen LogP contribution in [0.25, 0.3) is 10.9 Å². The molecule has 0 spiro atoms. The van der Waals surface area contributed by atoms with Crippen molar-refractivity contribution in [2.75, 3.05) is 36.5 Å². The van der Waals surface area contributed by atoms with Gasteiger partial charge in [-0.1, -0.05) is 31.4 Å². The van der Waals surface area contributed by atoms with Crippen molar-refractivity contribution < 1.29 is 4.74 Å². The molecule has 1 aliphatic carbocycles. The fourth-order valence-corrected chi connectivity index (χ4v) is 3.52. The molecule has 2 heterocycles. The fraction of sp³-hybridized carbons (Fsp3) is 0.556. The lowest BCUT2D eigenvalue weighted by molar-refractivity contribution is 0.122. The van der Waals surface area contributed by atoms with Crippen LogP contribution in [-0.2, 0) is 4.74 Å². The summed E-state index contributed by atoms with van der Waals surface area (Å²) in [6.07, 6.45) is 6.48. The third-order valence-corrected chi connectivity index (χ3v) is 4.83. The van der Waals surface area contributed by atoms with Crippen LogP contribution in [0.4, 0.5) is 11.8 Å². The van der Waals surface area contributed by atoms with Crippen molar-refractivity contribution in [1.82, 2.24) is 9.97 Å². The maximum atomic E-state index is 5.45. The van der Waals surface area contributed by atoms with Crippen LogP contribution in [0.2, 0.25) is 0 Å². The average Bonchev–Trinajstić information content (AvgIpc) is 2.63. The largest absolute Gasteiger partial charge is 0.378 e. The first kappa shape index (κ1) is 17.2. The van der Waals surface area contributed by atoms with Crippen molar-refractivity contribution in [1.29, 1.82) is 0 Å². The molecular weight excluding hydrogens is 324 g/mol. The van der Waals surface area contributed by atoms with Crippen molar-refractivity contribution in [3.05, 3.63) is 24.3 Å². The molecule has 4 rings (SSSR count). The van der Waals surface area contributed by atoms with E-state index in [4.69, 9.17) is 14.7 Å². The number of hydrogen-bond donors (Lipinski definition) is 1. The predicted octanol–water partition coefficient (Wildman–Crippen LogP) is 3.63. The lowest BCUT2D eigenvalue weighted by Crippen LogP contribution is -2.37. The number of nitrogens with zero attached hydrogens (tertiary/aromatic N) is 3. The van der Waals surface area contributed by atoms with E-state index in [0.717, 1.165) is 49.0 Å². The van der Waals surface area contributed by atoms with Crippen LogP contribution >= 0.6 is 12.4 Å². The van der Waals surface area contributed by atoms with E-state index in [-0.39, 0.29) is 12.4 Å². The quantitative estimate of drug-likeness (QED) is 0.917. The first-order valence-corrected chi connectivity index (χ1v) is 8.76. The van der Waals surface area contributed by atoms with Crippen LogP contribution < -0.4 is 10.2 Å². The molecule has 1 saturated heterocycles. The average molecular weight is 349 g/mol. The van der Waals surface area contributed by atoms with E-state index in [1.54, 1.807) is 0 Å². The standard InChI is InChI=1S/C18H24N4O.ClH/c1-2-6-14(7-3-1)19-17-15-8-4-5-9-16(15)20-18(21-17)22-10-12-23-13-11-22;/h4-5,8-9,14H,1-3,6-7,10-13H2,(H,19,20,21);1H. The molecule has 0 amide bonds. The molecule has 1 N–H and O–H groups in total. The monoisotopic (exact) mass is 348 g/mol. The Morgan fingerprint density at radius 2 is 1.75 bits per heavy atom. The minimum atomic E-state index is 0. The summed E-state index contributed by atoms with van der Waals surface area (Å²) in [7, 11) is 0. The molecule has 1 aromatic heterocycles. The zero-order chi connectivity index (χ0) is 15.5. The van der Waals surface area contributed by atoms with Gasteiger partial charge in [-0.15, -0.1) is 12.4 Å². The highest BCUT2D eigenvalue weighted by atomic mass is 35.5. The van der Waals surface area contributed by atoms with Gasteiger partial charge >= 0.3 is 0 Å². The maximum absolute atomic E-state index is 5.45. The molecular formula is C18H25ClN4O. The van der Waals surface area contributed by atoms with Crippen molar-refractivity contribution in [3.63, 3.8) is 0 Å². The number of morpholine rings is 1. The molecule has 2 aliphatic rings. The highest BCUT2D eigenvalue weighted by Crippen LogP contribution is 2.27. The molecule has 1 saturated carbocycles. The number of nitrogens with one attached hydrogen (secondary N) is 1. The van der Waals surface area contributed by atoms with E-state index >= 15 is 0 Å². The van der Waals surface area contributed by atoms with Gasteiger partial charge in [0.1, 0.15) is 5.82 Å². The molecule has 1 aliphatic heterocycles. The van der Waals surface area contributed by atoms with Crippen molar-refractivity contribution in [2.45, 2.75) is 38.1 Å². The van der Waals surface area contributed by atoms with E-state index in [2.05, 4.69) is 28.4 Å². The van der Waals surface area contributed by atoms with Gasteiger partial charge in [0.2, 0.25) is 5.95 Å². The molecule has 2 aromatic rings. The number of fused-ring (bicyclic) bond motifs is 1. The molecule has 6 heteroatoms. The topological polar surface area (TPSA) is 50.3 Å². The van der Waals surface area contributed by atoms with E-state index in [1.807, 2.05) is 6.07 Å². The minimum absolute atomic E-state index is 0. The fourth-order valence-electron chi connectivity index (χ4n) is 3.52. The second kappa shape index (κ2) is 7.99. The second-order valence-corrected chi connectivity index (χ2v) is 6.47. The highest BCUT2D eigenvalue weighted by Gasteiger charge is 2.19. The first-order valence-electron chi connectivity index (χ1n) is 8.76. The summed E-state index contributed by atoms with van der Waals surface area (Å²) in [6, 6.07) is 8.84. The summed E-state index contributed by atoms with van der Waals surface area (Å²) in [5, 5.41) is 4.81. The Balaban J connectivity index is 0.00000169. The van der Waals surface area contributed by atoms with Crippen molar-refractivity contribution in [3.8, 4) is 0 Å². The number of ether oxygens (including phenoxy) is 1. The lowest BCUT2D eigenvalue weighted by atomic mass is 9.95. The van der Waals surface area contributed by atoms with Gasteiger partial charge in [0.15, 0.2) is 0 Å². The van der Waals surface area contributed by atoms with E-state index in [9.17, 15) is 0 Å². The number of halogens is 1. The van der Waals surface area contributed by atoms with Gasteiger partial charge < -0.3 is 15.0 Å². The summed E-state index contributed by atoms with van der Waals surface area (Å²) >= 11 is 0. The molecule has 0 atom stereocenters. The Morgan fingerprint density at radius 3 is 2.54 bits per heavy atom. The van der Waals surface area contributed by atoms with Gasteiger partial charge in [-0.2, -0.15) is 4.98 Å². The van der Waals surface area contributed by atoms with Crippen molar-refractivity contribution in [2.24, 2.45) is 0 Å². The van der Waals surface area contributed by atoms with E-state index in [1.165, 1.54) is 32.1 Å². The summed E-state index contributed by atoms with van der Waals surface area (Å²) in [6.45, 7) is 3.23. The van der Waals surface area contributed by atoms with Gasteiger partial charge in [-0.05, 0) is 25.0 Å². The smallest absolute Gasteiger partial charge is 0.228 e. The number of anilines is 2. The number of rotatable bonds is 3. The van der Waals surface area contributed by atoms with E-state index in [0.29, 0.717) is 6.04 Å². The van der Waals surface area contributed by atoms with E-state index < -0.39 is 0 Å². The first-order chi connectivity index (χ1) is 11.4. The van der Waals surface area contributed by atoms with Gasteiger partial charge in [0, 0.05) is 24.5 Å². The number of hydrogen-bond acceptors (Lipinski definition) is 5. The zero-order valence-corrected chi connectivity index (χ0v) is 14.7. The highest BCUT2D eigenvalue weighted by molar-refractivity contribution is 5.90. The number of benzene rings is 1. The summed E-state index contributed by atoms with van der Waals surface area (Å²) in [4.78, 5) is 11.9. The Bertz CT molecular complexity index is 669. The molecule has 1 aromatic carbocycles. The van der Waals surface area contributed by atoms with Gasteiger partial charge in [0.05, 0.1) is 18.7 Å². The minimum Gasteiger partial charge on any atom is -0.378 e. The van der Waals surface area contributed by atoms with Crippen LogP contribution in [0.15, 0.2) is 24.3 Å². The zero-order valence-electron chi connectivity index (χ0n) is 13.9. The second-order valence-electron chi connectivity index (χ2n) is 6.47. The van der Waals surface area contributed by atoms with Crippen LogP contribution in [0.3, 0.4) is 0 Å². The Morgan fingerprint density at radius 1 is 1.00 bits per heavy atom. The summed E-state index contributed by atoms with van der Waals surface area (Å²) in [5.74, 6) is 1.81. The SMILES string of the molecule is Cl.c1ccc2c(NC3CCCCC3)nc(N3CCOCC3)nc2c1. The van der Waals surface area contributed by atoms with Crippen LogP contribution in [-0.4, -0.2) is 42.3 Å². The number of aromatic nitrogens is 2. The third kappa shape index (κ3) is 3.73. The molecule has 5 nitrogen and oxygen atoms in total. The Kier molecular flexibility index (Phi) is 5.74. The predicted molar refractivity (Wildman–Crippen MR) is 100 cm³/mol. The molecule has 0 radical (unpaired) electrons. The van der Waals surface area contributed by atoms with Gasteiger partial charge in [-0.25, -0.2) is 4.98 Å². The molecule has 0 unspecified atom stereocenters. The normalized spacial score (nSPS) is 19.1. The third-order valence-electron chi connectivity index (χ3n) is 4.83. The maximum Gasteiger partial charge on any atom is 0.228 e. The molecule has 2 fully saturated rings. The molecule has 130 valence electrons. The Hall–Kier alpha value is -1.59. The van der Waals surface area contributed by atoms with Gasteiger partial charge in [0.25, 0.3) is 0 Å². The van der Waals surface area contributed by atoms with Crippen LogP contribution in [0, 0.1) is 0 Å². The number of para-hydroxylation sites is 1. The Labute approximate surface area is 149 Å². The molecule has 0 bridgehead atoms. The molecule has 24 heavy (non-hydrogen) atoms. The van der Waals surface area contributed by atoms with Crippen molar-refractivity contribution >= 4 is 35.1 Å². The lowest BCUT2D eigenvalue weighted by Gasteiger charge is -2.28.